The van der Waals surface area contributed by atoms with Gasteiger partial charge in [-0.1, -0.05) is 42.1 Å². The van der Waals surface area contributed by atoms with Crippen LogP contribution < -0.4 is 10.6 Å². The van der Waals surface area contributed by atoms with Crippen LogP contribution in [0.25, 0.3) is 0 Å². The molecule has 1 aliphatic rings. The predicted molar refractivity (Wildman–Crippen MR) is 100 cm³/mol. The van der Waals surface area contributed by atoms with Gasteiger partial charge in [0.05, 0.1) is 0 Å². The van der Waals surface area contributed by atoms with Gasteiger partial charge < -0.3 is 10.6 Å². The number of hydrogen-bond acceptors (Lipinski definition) is 4. The highest BCUT2D eigenvalue weighted by atomic mass is 35.5. The van der Waals surface area contributed by atoms with Crippen LogP contribution in [-0.2, 0) is 6.42 Å². The summed E-state index contributed by atoms with van der Waals surface area (Å²) in [5.41, 5.74) is 1.24. The van der Waals surface area contributed by atoms with Crippen molar-refractivity contribution in [3.8, 4) is 0 Å². The molecule has 1 fully saturated rings. The van der Waals surface area contributed by atoms with Crippen LogP contribution in [0, 0.1) is 0 Å². The van der Waals surface area contributed by atoms with Crippen molar-refractivity contribution in [3.05, 3.63) is 51.6 Å². The van der Waals surface area contributed by atoms with Gasteiger partial charge in [0.15, 0.2) is 5.69 Å². The second kappa shape index (κ2) is 8.50. The number of nitrogens with one attached hydrogen (secondary N) is 2. The minimum Gasteiger partial charge on any atom is -0.366 e. The van der Waals surface area contributed by atoms with Crippen molar-refractivity contribution in [1.82, 2.24) is 15.5 Å². The Hall–Kier alpha value is -1.85. The second-order valence-electron chi connectivity index (χ2n) is 6.17. The van der Waals surface area contributed by atoms with Crippen LogP contribution in [0.5, 0.6) is 0 Å². The van der Waals surface area contributed by atoms with E-state index in [-0.39, 0.29) is 5.91 Å². The topological polar surface area (TPSA) is 66.9 Å². The van der Waals surface area contributed by atoms with Crippen molar-refractivity contribution in [3.63, 3.8) is 0 Å². The van der Waals surface area contributed by atoms with E-state index in [0.717, 1.165) is 24.2 Å². The van der Waals surface area contributed by atoms with Crippen LogP contribution in [0.2, 0.25) is 10.0 Å². The van der Waals surface area contributed by atoms with Gasteiger partial charge in [0, 0.05) is 22.6 Å². The molecule has 0 spiro atoms. The number of carbonyl (C=O) groups is 1. The van der Waals surface area contributed by atoms with E-state index in [0.29, 0.717) is 34.7 Å². The summed E-state index contributed by atoms with van der Waals surface area (Å²) < 4.78 is 0. The Balaban J connectivity index is 1.49. The Morgan fingerprint density at radius 1 is 1.12 bits per heavy atom. The van der Waals surface area contributed by atoms with Crippen molar-refractivity contribution < 1.29 is 4.79 Å². The first-order chi connectivity index (χ1) is 12.1. The van der Waals surface area contributed by atoms with E-state index in [1.54, 1.807) is 24.3 Å². The fourth-order valence-corrected chi connectivity index (χ4v) is 3.44. The van der Waals surface area contributed by atoms with Gasteiger partial charge in [-0.3, -0.25) is 4.79 Å². The summed E-state index contributed by atoms with van der Waals surface area (Å²) in [7, 11) is 0. The maximum Gasteiger partial charge on any atom is 0.271 e. The number of amides is 1. The number of anilines is 1. The number of aromatic nitrogens is 2. The SMILES string of the molecule is O=C(NCCc1ccc(Cl)cc1Cl)c1ccc(NC2CCCC2)nn1. The molecule has 0 unspecified atom stereocenters. The fourth-order valence-electron chi connectivity index (χ4n) is 2.94. The number of hydrogen-bond donors (Lipinski definition) is 2. The molecule has 1 saturated carbocycles. The molecule has 0 saturated heterocycles. The van der Waals surface area contributed by atoms with Crippen LogP contribution in [0.3, 0.4) is 0 Å². The summed E-state index contributed by atoms with van der Waals surface area (Å²) >= 11 is 12.0. The van der Waals surface area contributed by atoms with Crippen LogP contribution in [0.15, 0.2) is 30.3 Å². The summed E-state index contributed by atoms with van der Waals surface area (Å²) in [5, 5.41) is 15.5. The third-order valence-electron chi connectivity index (χ3n) is 4.30. The monoisotopic (exact) mass is 378 g/mol. The Morgan fingerprint density at radius 2 is 1.92 bits per heavy atom. The number of halogens is 2. The Morgan fingerprint density at radius 3 is 2.60 bits per heavy atom. The number of benzene rings is 1. The van der Waals surface area contributed by atoms with E-state index in [9.17, 15) is 4.79 Å². The standard InChI is InChI=1S/C18H20Cl2N4O/c19-13-6-5-12(15(20)11-13)9-10-21-18(25)16-7-8-17(24-23-16)22-14-3-1-2-4-14/h5-8,11,14H,1-4,9-10H2,(H,21,25)(H,22,24). The predicted octanol–water partition coefficient (Wildman–Crippen LogP) is 4.11. The van der Waals surface area contributed by atoms with Gasteiger partial charge in [-0.15, -0.1) is 10.2 Å². The smallest absolute Gasteiger partial charge is 0.271 e. The molecule has 0 radical (unpaired) electrons. The Kier molecular flexibility index (Phi) is 6.10. The zero-order valence-electron chi connectivity index (χ0n) is 13.8. The van der Waals surface area contributed by atoms with Crippen molar-refractivity contribution in [2.75, 3.05) is 11.9 Å². The largest absolute Gasteiger partial charge is 0.366 e. The lowest BCUT2D eigenvalue weighted by molar-refractivity contribution is 0.0948. The van der Waals surface area contributed by atoms with E-state index in [1.807, 2.05) is 6.07 Å². The van der Waals surface area contributed by atoms with Gasteiger partial charge in [0.1, 0.15) is 5.82 Å². The van der Waals surface area contributed by atoms with E-state index >= 15 is 0 Å². The van der Waals surface area contributed by atoms with E-state index in [1.165, 1.54) is 12.8 Å². The van der Waals surface area contributed by atoms with E-state index in [4.69, 9.17) is 23.2 Å². The summed E-state index contributed by atoms with van der Waals surface area (Å²) in [6.45, 7) is 0.462. The molecule has 3 rings (SSSR count). The van der Waals surface area contributed by atoms with Gasteiger partial charge in [0.2, 0.25) is 0 Å². The molecule has 7 heteroatoms. The van der Waals surface area contributed by atoms with Gasteiger partial charge in [-0.25, -0.2) is 0 Å². The molecular formula is C18H20Cl2N4O. The molecule has 0 bridgehead atoms. The van der Waals surface area contributed by atoms with E-state index < -0.39 is 0 Å². The maximum atomic E-state index is 12.1. The van der Waals surface area contributed by atoms with Crippen LogP contribution in [0.1, 0.15) is 41.7 Å². The van der Waals surface area contributed by atoms with Crippen LogP contribution in [0.4, 0.5) is 5.82 Å². The van der Waals surface area contributed by atoms with Crippen molar-refractivity contribution >= 4 is 34.9 Å². The zero-order chi connectivity index (χ0) is 17.6. The minimum absolute atomic E-state index is 0.245. The first kappa shape index (κ1) is 18.0. The highest BCUT2D eigenvalue weighted by Crippen LogP contribution is 2.22. The molecule has 1 aliphatic carbocycles. The third-order valence-corrected chi connectivity index (χ3v) is 4.89. The molecule has 2 N–H and O–H groups in total. The zero-order valence-corrected chi connectivity index (χ0v) is 15.3. The van der Waals surface area contributed by atoms with E-state index in [2.05, 4.69) is 20.8 Å². The molecule has 132 valence electrons. The Bertz CT molecular complexity index is 730. The first-order valence-corrected chi connectivity index (χ1v) is 9.20. The number of carbonyl (C=O) groups excluding carboxylic acids is 1. The average Bonchev–Trinajstić information content (AvgIpc) is 3.10. The highest BCUT2D eigenvalue weighted by Gasteiger charge is 2.15. The molecular weight excluding hydrogens is 359 g/mol. The molecule has 1 aromatic carbocycles. The van der Waals surface area contributed by atoms with Gasteiger partial charge in [0.25, 0.3) is 5.91 Å². The summed E-state index contributed by atoms with van der Waals surface area (Å²) in [6, 6.07) is 9.30. The molecule has 2 aromatic rings. The second-order valence-corrected chi connectivity index (χ2v) is 7.01. The quantitative estimate of drug-likeness (QED) is 0.793. The fraction of sp³-hybridized carbons (Fsp3) is 0.389. The lowest BCUT2D eigenvalue weighted by Gasteiger charge is -2.12. The lowest BCUT2D eigenvalue weighted by Crippen LogP contribution is -2.27. The molecule has 0 atom stereocenters. The van der Waals surface area contributed by atoms with Crippen LogP contribution in [-0.4, -0.2) is 28.7 Å². The van der Waals surface area contributed by atoms with Crippen molar-refractivity contribution in [2.24, 2.45) is 0 Å². The maximum absolute atomic E-state index is 12.1. The highest BCUT2D eigenvalue weighted by molar-refractivity contribution is 6.35. The summed E-state index contributed by atoms with van der Waals surface area (Å²) in [6.07, 6.45) is 5.46. The third kappa shape index (κ3) is 5.06. The molecule has 1 aromatic heterocycles. The molecule has 0 aliphatic heterocycles. The number of rotatable bonds is 6. The molecule has 25 heavy (non-hydrogen) atoms. The first-order valence-electron chi connectivity index (χ1n) is 8.44. The lowest BCUT2D eigenvalue weighted by atomic mass is 10.1. The normalized spacial score (nSPS) is 14.5. The number of nitrogens with zero attached hydrogens (tertiary/aromatic N) is 2. The summed E-state index contributed by atoms with van der Waals surface area (Å²) in [4.78, 5) is 12.1. The van der Waals surface area contributed by atoms with Crippen molar-refractivity contribution in [1.29, 1.82) is 0 Å². The molecule has 5 nitrogen and oxygen atoms in total. The molecule has 1 amide bonds. The van der Waals surface area contributed by atoms with Crippen LogP contribution >= 0.6 is 23.2 Å². The minimum atomic E-state index is -0.245. The van der Waals surface area contributed by atoms with Gasteiger partial charge in [-0.2, -0.15) is 0 Å². The molecule has 1 heterocycles. The average molecular weight is 379 g/mol. The van der Waals surface area contributed by atoms with Gasteiger partial charge in [-0.05, 0) is 49.1 Å². The Labute approximate surface area is 157 Å². The summed E-state index contributed by atoms with van der Waals surface area (Å²) in [5.74, 6) is 0.474. The van der Waals surface area contributed by atoms with Gasteiger partial charge >= 0.3 is 0 Å². The van der Waals surface area contributed by atoms with Crippen molar-refractivity contribution in [2.45, 2.75) is 38.1 Å².